The number of aromatic nitrogens is 2. The molecular formula is C57H52F3N5O10. The van der Waals surface area contributed by atoms with Gasteiger partial charge in [0.05, 0.1) is 54.5 Å². The van der Waals surface area contributed by atoms with E-state index in [0.717, 1.165) is 60.6 Å². The van der Waals surface area contributed by atoms with Crippen molar-refractivity contribution in [2.75, 3.05) is 65.8 Å². The van der Waals surface area contributed by atoms with Gasteiger partial charge in [0.1, 0.15) is 35.6 Å². The van der Waals surface area contributed by atoms with Crippen molar-refractivity contribution in [3.8, 4) is 11.5 Å². The lowest BCUT2D eigenvalue weighted by atomic mass is 10.0. The van der Waals surface area contributed by atoms with Crippen LogP contribution >= 0.6 is 0 Å². The number of amides is 2. The SMILES string of the molecule is CCOC(=O)C1=CN(C(=O)c2ccc(F)cc2)CCc2c1[nH]c1ccc(OC(=O)c3ccc(F)cc3)cc21.CCOC(=O)C1=CN(C(=O)c2ccc(F)cc2)CCc2c1[nH]c1ccc(OCCN3CCOCC3)cc21. The van der Waals surface area contributed by atoms with Crippen molar-refractivity contribution in [1.29, 1.82) is 0 Å². The third kappa shape index (κ3) is 11.8. The minimum absolute atomic E-state index is 0.140. The fourth-order valence-electron chi connectivity index (χ4n) is 9.05. The van der Waals surface area contributed by atoms with E-state index in [9.17, 15) is 37.1 Å². The van der Waals surface area contributed by atoms with E-state index < -0.39 is 41.3 Å². The van der Waals surface area contributed by atoms with E-state index in [-0.39, 0.29) is 53.7 Å². The number of ether oxygens (including phenoxy) is 5. The highest BCUT2D eigenvalue weighted by atomic mass is 19.1. The molecular weight excluding hydrogens is 972 g/mol. The lowest BCUT2D eigenvalue weighted by Crippen LogP contribution is -2.38. The van der Waals surface area contributed by atoms with Gasteiger partial charge in [0.15, 0.2) is 0 Å². The van der Waals surface area contributed by atoms with Crippen molar-refractivity contribution < 1.29 is 60.8 Å². The molecule has 3 aliphatic rings. The van der Waals surface area contributed by atoms with Crippen LogP contribution in [0.5, 0.6) is 11.5 Å². The number of hydrogen-bond acceptors (Lipinski definition) is 11. The highest BCUT2D eigenvalue weighted by Crippen LogP contribution is 2.36. The first kappa shape index (κ1) is 51.4. The number of nitrogens with one attached hydrogen (secondary N) is 2. The van der Waals surface area contributed by atoms with Crippen LogP contribution in [-0.4, -0.2) is 120 Å². The van der Waals surface area contributed by atoms with Gasteiger partial charge in [0.25, 0.3) is 11.8 Å². The molecule has 386 valence electrons. The average molecular weight is 1020 g/mol. The third-order valence-electron chi connectivity index (χ3n) is 12.8. The van der Waals surface area contributed by atoms with Crippen LogP contribution in [-0.2, 0) is 36.6 Å². The van der Waals surface area contributed by atoms with Gasteiger partial charge in [0, 0.05) is 78.1 Å². The molecule has 0 unspecified atom stereocenters. The number of rotatable bonds is 12. The number of halogens is 3. The number of nitrogens with zero attached hydrogens (tertiary/aromatic N) is 3. The molecule has 0 atom stereocenters. The predicted octanol–water partition coefficient (Wildman–Crippen LogP) is 8.89. The second kappa shape index (κ2) is 23.2. The molecule has 0 saturated carbocycles. The van der Waals surface area contributed by atoms with E-state index in [4.69, 9.17) is 23.7 Å². The fourth-order valence-corrected chi connectivity index (χ4v) is 9.05. The summed E-state index contributed by atoms with van der Waals surface area (Å²) in [6, 6.07) is 26.4. The van der Waals surface area contributed by atoms with Crippen molar-refractivity contribution in [3.05, 3.63) is 178 Å². The van der Waals surface area contributed by atoms with E-state index in [1.807, 2.05) is 18.2 Å². The second-order valence-electron chi connectivity index (χ2n) is 17.6. The van der Waals surface area contributed by atoms with Gasteiger partial charge in [-0.25, -0.2) is 27.6 Å². The second-order valence-corrected chi connectivity index (χ2v) is 17.6. The minimum Gasteiger partial charge on any atom is -0.492 e. The number of esters is 3. The number of aromatic amines is 2. The largest absolute Gasteiger partial charge is 0.492 e. The van der Waals surface area contributed by atoms with E-state index in [2.05, 4.69) is 14.9 Å². The van der Waals surface area contributed by atoms with E-state index >= 15 is 0 Å². The normalized spacial score (nSPS) is 14.5. The zero-order valence-electron chi connectivity index (χ0n) is 41.1. The van der Waals surface area contributed by atoms with Gasteiger partial charge in [-0.3, -0.25) is 14.5 Å². The number of morpholine rings is 1. The quantitative estimate of drug-likeness (QED) is 0.0885. The Balaban J connectivity index is 0.000000184. The summed E-state index contributed by atoms with van der Waals surface area (Å²) in [4.78, 5) is 76.6. The van der Waals surface area contributed by atoms with Crippen molar-refractivity contribution >= 4 is 62.7 Å². The van der Waals surface area contributed by atoms with Crippen LogP contribution in [0.1, 0.15) is 67.4 Å². The monoisotopic (exact) mass is 1020 g/mol. The molecule has 10 rings (SSSR count). The van der Waals surface area contributed by atoms with Crippen molar-refractivity contribution in [3.63, 3.8) is 0 Å². The highest BCUT2D eigenvalue weighted by Gasteiger charge is 2.30. The number of hydrogen-bond donors (Lipinski definition) is 2. The van der Waals surface area contributed by atoms with Gasteiger partial charge in [-0.2, -0.15) is 0 Å². The maximum absolute atomic E-state index is 13.4. The Labute approximate surface area is 429 Å². The summed E-state index contributed by atoms with van der Waals surface area (Å²) in [6.45, 7) is 9.05. The average Bonchev–Trinajstić information content (AvgIpc) is 3.81. The Kier molecular flexibility index (Phi) is 15.9. The molecule has 5 aromatic carbocycles. The summed E-state index contributed by atoms with van der Waals surface area (Å²) >= 11 is 0. The number of carbonyl (C=O) groups excluding carboxylic acids is 5. The molecule has 2 N–H and O–H groups in total. The van der Waals surface area contributed by atoms with Crippen LogP contribution < -0.4 is 9.47 Å². The molecule has 2 amide bonds. The first-order valence-corrected chi connectivity index (χ1v) is 24.5. The summed E-state index contributed by atoms with van der Waals surface area (Å²) in [5, 5.41) is 1.64. The Morgan fingerprint density at radius 3 is 1.45 bits per heavy atom. The zero-order chi connectivity index (χ0) is 52.6. The van der Waals surface area contributed by atoms with Crippen molar-refractivity contribution in [2.45, 2.75) is 26.7 Å². The van der Waals surface area contributed by atoms with Crippen LogP contribution in [0, 0.1) is 17.5 Å². The maximum Gasteiger partial charge on any atom is 0.343 e. The van der Waals surface area contributed by atoms with Gasteiger partial charge in [-0.15, -0.1) is 0 Å². The Hall–Kier alpha value is -8.48. The van der Waals surface area contributed by atoms with Crippen LogP contribution in [0.15, 0.2) is 122 Å². The summed E-state index contributed by atoms with van der Waals surface area (Å²) in [7, 11) is 0. The number of fused-ring (bicyclic) bond motifs is 6. The molecule has 0 bridgehead atoms. The lowest BCUT2D eigenvalue weighted by Gasteiger charge is -2.26. The molecule has 1 fully saturated rings. The molecule has 18 heteroatoms. The van der Waals surface area contributed by atoms with Crippen molar-refractivity contribution in [2.24, 2.45) is 0 Å². The molecule has 7 aromatic rings. The van der Waals surface area contributed by atoms with Crippen molar-refractivity contribution in [1.82, 2.24) is 24.7 Å². The van der Waals surface area contributed by atoms with Gasteiger partial charge in [-0.05, 0) is 147 Å². The summed E-state index contributed by atoms with van der Waals surface area (Å²) < 4.78 is 67.5. The number of carbonyl (C=O) groups is 5. The van der Waals surface area contributed by atoms with Gasteiger partial charge >= 0.3 is 17.9 Å². The number of benzene rings is 5. The lowest BCUT2D eigenvalue weighted by molar-refractivity contribution is -0.137. The van der Waals surface area contributed by atoms with Crippen LogP contribution in [0.3, 0.4) is 0 Å². The highest BCUT2D eigenvalue weighted by molar-refractivity contribution is 6.19. The third-order valence-corrected chi connectivity index (χ3v) is 12.8. The number of H-pyrrole nitrogens is 2. The van der Waals surface area contributed by atoms with E-state index in [0.29, 0.717) is 53.8 Å². The van der Waals surface area contributed by atoms with Crippen LogP contribution in [0.25, 0.3) is 33.0 Å². The van der Waals surface area contributed by atoms with E-state index in [1.165, 1.54) is 95.0 Å². The van der Waals surface area contributed by atoms with Gasteiger partial charge in [-0.1, -0.05) is 0 Å². The molecule has 3 aliphatic heterocycles. The predicted molar refractivity (Wildman–Crippen MR) is 272 cm³/mol. The molecule has 0 spiro atoms. The Morgan fingerprint density at radius 2 is 0.987 bits per heavy atom. The van der Waals surface area contributed by atoms with Gasteiger partial charge < -0.3 is 43.5 Å². The molecule has 2 aromatic heterocycles. The smallest absolute Gasteiger partial charge is 0.343 e. The standard InChI is InChI=1S/C29H22F2N2O5.C28H30FN3O5/c1-2-37-29(36)24-16-33(27(34)17-3-7-19(30)8-4-17)14-13-22-23-15-21(11-12-25(23)32-26(22)24)38-28(35)18-5-9-20(31)10-6-18;1-2-36-28(34)24-18-32(27(33)19-3-5-20(29)6-4-19)10-9-22-23-17-21(7-8-25(23)30-26(22)24)37-16-13-31-11-14-35-15-12-31/h3-12,15-16,32H,2,13-14H2,1H3;3-8,17-18,30H,2,9-16H2,1H3. The van der Waals surface area contributed by atoms with Gasteiger partial charge in [0.2, 0.25) is 0 Å². The fraction of sp³-hybridized carbons (Fsp3) is 0.246. The molecule has 15 nitrogen and oxygen atoms in total. The van der Waals surface area contributed by atoms with E-state index in [1.54, 1.807) is 32.0 Å². The minimum atomic E-state index is -0.644. The first-order valence-electron chi connectivity index (χ1n) is 24.5. The Morgan fingerprint density at radius 1 is 0.547 bits per heavy atom. The molecule has 5 heterocycles. The van der Waals surface area contributed by atoms with Crippen LogP contribution in [0.4, 0.5) is 13.2 Å². The summed E-state index contributed by atoms with van der Waals surface area (Å²) in [6.07, 6.45) is 3.86. The summed E-state index contributed by atoms with van der Waals surface area (Å²) in [5.41, 5.74) is 5.61. The molecule has 75 heavy (non-hydrogen) atoms. The molecule has 0 radical (unpaired) electrons. The first-order chi connectivity index (χ1) is 36.4. The topological polar surface area (TPSA) is 173 Å². The van der Waals surface area contributed by atoms with Crippen LogP contribution in [0.2, 0.25) is 0 Å². The molecule has 0 aliphatic carbocycles. The summed E-state index contributed by atoms with van der Waals surface area (Å²) in [5.74, 6) is -2.81. The Bertz CT molecular complexity index is 3330. The molecule has 1 saturated heterocycles. The maximum atomic E-state index is 13.4. The zero-order valence-corrected chi connectivity index (χ0v) is 41.1.